The Bertz CT molecular complexity index is 598. The fourth-order valence-electron chi connectivity index (χ4n) is 3.02. The number of fused-ring (bicyclic) bond motifs is 1. The first-order valence-corrected chi connectivity index (χ1v) is 7.94. The number of anilines is 1. The minimum absolute atomic E-state index is 0.414. The molecule has 1 fully saturated rings. The van der Waals surface area contributed by atoms with Crippen molar-refractivity contribution >= 4 is 11.6 Å². The predicted molar refractivity (Wildman–Crippen MR) is 85.8 cm³/mol. The molecule has 0 aliphatic carbocycles. The normalized spacial score (nSPS) is 16.8. The van der Waals surface area contributed by atoms with Crippen LogP contribution < -0.4 is 10.2 Å². The van der Waals surface area contributed by atoms with Crippen molar-refractivity contribution in [1.29, 1.82) is 0 Å². The Kier molecular flexibility index (Phi) is 4.10. The van der Waals surface area contributed by atoms with E-state index in [2.05, 4.69) is 42.2 Å². The lowest BCUT2D eigenvalue weighted by atomic mass is 9.97. The molecule has 3 heterocycles. The zero-order valence-corrected chi connectivity index (χ0v) is 13.2. The van der Waals surface area contributed by atoms with Gasteiger partial charge in [0.1, 0.15) is 0 Å². The van der Waals surface area contributed by atoms with Gasteiger partial charge >= 0.3 is 0 Å². The lowest BCUT2D eigenvalue weighted by Crippen LogP contribution is -2.40. The van der Waals surface area contributed by atoms with Gasteiger partial charge in [-0.15, -0.1) is 5.10 Å². The molecular formula is C16H25N5. The maximum atomic E-state index is 4.76. The largest absolute Gasteiger partial charge is 0.337 e. The predicted octanol–water partition coefficient (Wildman–Crippen LogP) is 2.25. The molecule has 0 atom stereocenters. The number of hydrogen-bond acceptors (Lipinski definition) is 4. The molecule has 0 amide bonds. The van der Waals surface area contributed by atoms with Crippen molar-refractivity contribution in [2.24, 2.45) is 5.92 Å². The van der Waals surface area contributed by atoms with Crippen LogP contribution >= 0.6 is 0 Å². The Morgan fingerprint density at radius 1 is 1.38 bits per heavy atom. The summed E-state index contributed by atoms with van der Waals surface area (Å²) in [6, 6.07) is 4.52. The van der Waals surface area contributed by atoms with E-state index in [1.807, 2.05) is 16.8 Å². The highest BCUT2D eigenvalue weighted by atomic mass is 15.4. The van der Waals surface area contributed by atoms with Crippen LogP contribution in [0.5, 0.6) is 0 Å². The molecule has 0 saturated carbocycles. The van der Waals surface area contributed by atoms with E-state index in [0.29, 0.717) is 6.04 Å². The fourth-order valence-corrected chi connectivity index (χ4v) is 3.02. The number of aromatic nitrogens is 3. The zero-order valence-electron chi connectivity index (χ0n) is 13.2. The van der Waals surface area contributed by atoms with E-state index in [1.54, 1.807) is 0 Å². The number of aryl methyl sites for hydroxylation is 1. The average molecular weight is 287 g/mol. The van der Waals surface area contributed by atoms with Gasteiger partial charge < -0.3 is 10.2 Å². The Morgan fingerprint density at radius 2 is 2.14 bits per heavy atom. The van der Waals surface area contributed by atoms with Crippen molar-refractivity contribution in [3.05, 3.63) is 23.9 Å². The van der Waals surface area contributed by atoms with Crippen molar-refractivity contribution in [3.63, 3.8) is 0 Å². The molecule has 0 radical (unpaired) electrons. The third-order valence-electron chi connectivity index (χ3n) is 4.34. The van der Waals surface area contributed by atoms with E-state index >= 15 is 0 Å². The average Bonchev–Trinajstić information content (AvgIpc) is 2.91. The SMILES string of the molecule is Cc1cccn2nc(N(CC3CCNCC3)C(C)C)nc12. The van der Waals surface area contributed by atoms with Crippen molar-refractivity contribution in [2.75, 3.05) is 24.5 Å². The van der Waals surface area contributed by atoms with Crippen molar-refractivity contribution < 1.29 is 0 Å². The van der Waals surface area contributed by atoms with Gasteiger partial charge in [-0.2, -0.15) is 4.98 Å². The summed E-state index contributed by atoms with van der Waals surface area (Å²) < 4.78 is 1.89. The van der Waals surface area contributed by atoms with Gasteiger partial charge in [-0.25, -0.2) is 4.52 Å². The number of piperidine rings is 1. The Labute approximate surface area is 126 Å². The van der Waals surface area contributed by atoms with Crippen molar-refractivity contribution in [1.82, 2.24) is 19.9 Å². The van der Waals surface area contributed by atoms with Crippen LogP contribution in [0.2, 0.25) is 0 Å². The molecular weight excluding hydrogens is 262 g/mol. The molecule has 3 rings (SSSR count). The molecule has 0 unspecified atom stereocenters. The van der Waals surface area contributed by atoms with Crippen LogP contribution in [0.4, 0.5) is 5.95 Å². The van der Waals surface area contributed by atoms with Crippen LogP contribution in [0.15, 0.2) is 18.3 Å². The quantitative estimate of drug-likeness (QED) is 0.937. The Balaban J connectivity index is 1.86. The second-order valence-corrected chi connectivity index (χ2v) is 6.31. The molecule has 0 aromatic carbocycles. The van der Waals surface area contributed by atoms with Crippen LogP contribution in [0.1, 0.15) is 32.3 Å². The number of nitrogens with zero attached hydrogens (tertiary/aromatic N) is 4. The van der Waals surface area contributed by atoms with Gasteiger partial charge in [0.15, 0.2) is 5.65 Å². The second-order valence-electron chi connectivity index (χ2n) is 6.31. The Morgan fingerprint density at radius 3 is 2.81 bits per heavy atom. The van der Waals surface area contributed by atoms with Crippen LogP contribution in [-0.2, 0) is 0 Å². The molecule has 21 heavy (non-hydrogen) atoms. The lowest BCUT2D eigenvalue weighted by molar-refractivity contribution is 0.366. The maximum Gasteiger partial charge on any atom is 0.245 e. The fraction of sp³-hybridized carbons (Fsp3) is 0.625. The van der Waals surface area contributed by atoms with E-state index in [9.17, 15) is 0 Å². The van der Waals surface area contributed by atoms with Gasteiger partial charge in [0.05, 0.1) is 0 Å². The molecule has 1 aliphatic heterocycles. The number of pyridine rings is 1. The summed E-state index contributed by atoms with van der Waals surface area (Å²) in [6.45, 7) is 9.84. The van der Waals surface area contributed by atoms with Crippen LogP contribution in [-0.4, -0.2) is 40.3 Å². The van der Waals surface area contributed by atoms with E-state index in [1.165, 1.54) is 18.4 Å². The summed E-state index contributed by atoms with van der Waals surface area (Å²) >= 11 is 0. The highest BCUT2D eigenvalue weighted by Gasteiger charge is 2.22. The molecule has 114 valence electrons. The first-order chi connectivity index (χ1) is 10.1. The van der Waals surface area contributed by atoms with E-state index in [4.69, 9.17) is 4.98 Å². The van der Waals surface area contributed by atoms with Gasteiger partial charge in [0.25, 0.3) is 0 Å². The zero-order chi connectivity index (χ0) is 14.8. The van der Waals surface area contributed by atoms with Crippen molar-refractivity contribution in [3.8, 4) is 0 Å². The summed E-state index contributed by atoms with van der Waals surface area (Å²) in [7, 11) is 0. The lowest BCUT2D eigenvalue weighted by Gasteiger charge is -2.32. The highest BCUT2D eigenvalue weighted by molar-refractivity contribution is 5.50. The molecule has 1 N–H and O–H groups in total. The van der Waals surface area contributed by atoms with Crippen LogP contribution in [0.25, 0.3) is 5.65 Å². The second kappa shape index (κ2) is 6.02. The number of rotatable bonds is 4. The minimum atomic E-state index is 0.414. The van der Waals surface area contributed by atoms with Gasteiger partial charge in [-0.3, -0.25) is 0 Å². The first kappa shape index (κ1) is 14.3. The summed E-state index contributed by atoms with van der Waals surface area (Å²) in [6.07, 6.45) is 4.47. The summed E-state index contributed by atoms with van der Waals surface area (Å²) in [5, 5.41) is 8.11. The molecule has 1 saturated heterocycles. The third-order valence-corrected chi connectivity index (χ3v) is 4.34. The summed E-state index contributed by atoms with van der Waals surface area (Å²) in [5.74, 6) is 1.60. The minimum Gasteiger partial charge on any atom is -0.337 e. The molecule has 2 aromatic heterocycles. The van der Waals surface area contributed by atoms with E-state index in [-0.39, 0.29) is 0 Å². The van der Waals surface area contributed by atoms with Gasteiger partial charge in [-0.05, 0) is 64.3 Å². The summed E-state index contributed by atoms with van der Waals surface area (Å²) in [5.41, 5.74) is 2.13. The topological polar surface area (TPSA) is 45.5 Å². The first-order valence-electron chi connectivity index (χ1n) is 7.94. The van der Waals surface area contributed by atoms with Crippen LogP contribution in [0.3, 0.4) is 0 Å². The molecule has 5 nitrogen and oxygen atoms in total. The third kappa shape index (κ3) is 3.02. The summed E-state index contributed by atoms with van der Waals surface area (Å²) in [4.78, 5) is 7.11. The van der Waals surface area contributed by atoms with Gasteiger partial charge in [-0.1, -0.05) is 6.07 Å². The standard InChI is InChI=1S/C16H25N5/c1-12(2)20(11-14-6-8-17-9-7-14)16-18-15-13(3)5-4-10-21(15)19-16/h4-5,10,12,14,17H,6-9,11H2,1-3H3. The Hall–Kier alpha value is -1.62. The number of hydrogen-bond donors (Lipinski definition) is 1. The molecule has 0 bridgehead atoms. The maximum absolute atomic E-state index is 4.76. The molecule has 5 heteroatoms. The highest BCUT2D eigenvalue weighted by Crippen LogP contribution is 2.20. The molecule has 0 spiro atoms. The number of nitrogens with one attached hydrogen (secondary N) is 1. The van der Waals surface area contributed by atoms with Gasteiger partial charge in [0.2, 0.25) is 5.95 Å². The molecule has 2 aromatic rings. The smallest absolute Gasteiger partial charge is 0.245 e. The van der Waals surface area contributed by atoms with E-state index in [0.717, 1.165) is 37.1 Å². The van der Waals surface area contributed by atoms with Crippen LogP contribution in [0, 0.1) is 12.8 Å². The van der Waals surface area contributed by atoms with Crippen molar-refractivity contribution in [2.45, 2.75) is 39.7 Å². The van der Waals surface area contributed by atoms with Gasteiger partial charge in [0, 0.05) is 18.8 Å². The van der Waals surface area contributed by atoms with E-state index < -0.39 is 0 Å². The monoisotopic (exact) mass is 287 g/mol. The molecule has 1 aliphatic rings.